The molecule has 2 aromatic carbocycles. The lowest BCUT2D eigenvalue weighted by molar-refractivity contribution is -0.118. The summed E-state index contributed by atoms with van der Waals surface area (Å²) in [5.41, 5.74) is 2.69. The number of pyridine rings is 1. The number of ether oxygens (including phenoxy) is 1. The van der Waals surface area contributed by atoms with Crippen molar-refractivity contribution in [3.63, 3.8) is 0 Å². The number of rotatable bonds is 4. The number of benzene rings is 2. The average molecular weight is 350 g/mol. The third-order valence-electron chi connectivity index (χ3n) is 4.80. The Labute approximate surface area is 152 Å². The minimum atomic E-state index is -0.631. The molecule has 5 heteroatoms. The Kier molecular flexibility index (Phi) is 4.80. The van der Waals surface area contributed by atoms with Gasteiger partial charge in [0, 0.05) is 17.3 Å². The molecule has 26 heavy (non-hydrogen) atoms. The number of hydrogen-bond donors (Lipinski definition) is 1. The number of carbonyl (C=O) groups is 1. The monoisotopic (exact) mass is 350 g/mol. The van der Waals surface area contributed by atoms with Crippen molar-refractivity contribution in [1.29, 1.82) is 0 Å². The van der Waals surface area contributed by atoms with Gasteiger partial charge in [-0.05, 0) is 67.6 Å². The number of amides is 1. The number of aryl methyl sites for hydroxylation is 1. The fraction of sp³-hybridized carbons (Fsp3) is 0.238. The van der Waals surface area contributed by atoms with Crippen LogP contribution in [0.1, 0.15) is 24.1 Å². The van der Waals surface area contributed by atoms with E-state index < -0.39 is 6.04 Å². The molecule has 0 aliphatic carbocycles. The first-order valence-electron chi connectivity index (χ1n) is 8.48. The number of hydrogen-bond acceptors (Lipinski definition) is 3. The van der Waals surface area contributed by atoms with Gasteiger partial charge in [-0.1, -0.05) is 12.1 Å². The van der Waals surface area contributed by atoms with E-state index in [4.69, 9.17) is 4.74 Å². The quantitative estimate of drug-likeness (QED) is 0.778. The Balaban J connectivity index is 1.93. The van der Waals surface area contributed by atoms with Crippen LogP contribution in [-0.4, -0.2) is 17.6 Å². The summed E-state index contributed by atoms with van der Waals surface area (Å²) in [7, 11) is 1.59. The number of carbonyl (C=O) groups excluding carboxylic acids is 1. The lowest BCUT2D eigenvalue weighted by Gasteiger charge is -2.17. The van der Waals surface area contributed by atoms with Crippen molar-refractivity contribution in [2.24, 2.45) is 0 Å². The van der Waals surface area contributed by atoms with E-state index in [2.05, 4.69) is 5.32 Å². The minimum absolute atomic E-state index is 0.200. The topological polar surface area (TPSA) is 60.3 Å². The second-order valence-electron chi connectivity index (χ2n) is 6.39. The normalized spacial score (nSPS) is 12.0. The third-order valence-corrected chi connectivity index (χ3v) is 4.80. The van der Waals surface area contributed by atoms with Crippen LogP contribution in [0.4, 0.5) is 5.69 Å². The fourth-order valence-corrected chi connectivity index (χ4v) is 2.92. The second-order valence-corrected chi connectivity index (χ2v) is 6.39. The van der Waals surface area contributed by atoms with E-state index in [0.717, 1.165) is 22.2 Å². The van der Waals surface area contributed by atoms with Gasteiger partial charge in [0.15, 0.2) is 0 Å². The number of anilines is 1. The van der Waals surface area contributed by atoms with Gasteiger partial charge in [-0.25, -0.2) is 0 Å². The maximum Gasteiger partial charge on any atom is 0.259 e. The van der Waals surface area contributed by atoms with E-state index in [1.807, 2.05) is 44.2 Å². The van der Waals surface area contributed by atoms with Crippen molar-refractivity contribution in [1.82, 2.24) is 4.57 Å². The summed E-state index contributed by atoms with van der Waals surface area (Å²) in [6.07, 6.45) is 1.65. The lowest BCUT2D eigenvalue weighted by Crippen LogP contribution is -2.31. The molecule has 0 spiro atoms. The minimum Gasteiger partial charge on any atom is -0.497 e. The van der Waals surface area contributed by atoms with E-state index in [-0.39, 0.29) is 11.5 Å². The SMILES string of the molecule is COc1ccc2c(=O)n(C(C)C(=O)Nc3cccc(C)c3C)ccc2c1. The first kappa shape index (κ1) is 17.7. The fourth-order valence-electron chi connectivity index (χ4n) is 2.92. The predicted octanol–water partition coefficient (Wildman–Crippen LogP) is 3.83. The van der Waals surface area contributed by atoms with Gasteiger partial charge in [0.05, 0.1) is 7.11 Å². The molecule has 5 nitrogen and oxygen atoms in total. The molecule has 3 aromatic rings. The Morgan fingerprint density at radius 1 is 1.15 bits per heavy atom. The van der Waals surface area contributed by atoms with Crippen LogP contribution in [0.15, 0.2) is 53.5 Å². The second kappa shape index (κ2) is 7.04. The van der Waals surface area contributed by atoms with Crippen molar-refractivity contribution in [3.8, 4) is 5.75 Å². The molecule has 1 unspecified atom stereocenters. The first-order valence-corrected chi connectivity index (χ1v) is 8.48. The third kappa shape index (κ3) is 3.20. The van der Waals surface area contributed by atoms with Gasteiger partial charge >= 0.3 is 0 Å². The highest BCUT2D eigenvalue weighted by Crippen LogP contribution is 2.21. The smallest absolute Gasteiger partial charge is 0.259 e. The highest BCUT2D eigenvalue weighted by Gasteiger charge is 2.18. The molecule has 0 aliphatic rings. The maximum absolute atomic E-state index is 12.8. The predicted molar refractivity (Wildman–Crippen MR) is 104 cm³/mol. The molecule has 0 saturated heterocycles. The van der Waals surface area contributed by atoms with Gasteiger partial charge in [-0.2, -0.15) is 0 Å². The van der Waals surface area contributed by atoms with Crippen LogP contribution in [0.25, 0.3) is 10.8 Å². The van der Waals surface area contributed by atoms with Crippen LogP contribution in [0.2, 0.25) is 0 Å². The number of nitrogens with zero attached hydrogens (tertiary/aromatic N) is 1. The zero-order valence-electron chi connectivity index (χ0n) is 15.4. The molecule has 1 atom stereocenters. The van der Waals surface area contributed by atoms with Gasteiger partial charge < -0.3 is 14.6 Å². The molecule has 134 valence electrons. The molecule has 1 heterocycles. The van der Waals surface area contributed by atoms with Crippen LogP contribution in [-0.2, 0) is 4.79 Å². The van der Waals surface area contributed by atoms with Crippen LogP contribution in [0.3, 0.4) is 0 Å². The van der Waals surface area contributed by atoms with Crippen molar-refractivity contribution in [2.75, 3.05) is 12.4 Å². The van der Waals surface area contributed by atoms with Gasteiger partial charge in [0.1, 0.15) is 11.8 Å². The molecule has 0 saturated carbocycles. The highest BCUT2D eigenvalue weighted by molar-refractivity contribution is 5.94. The number of aromatic nitrogens is 1. The summed E-state index contributed by atoms with van der Waals surface area (Å²) in [5, 5.41) is 4.26. The number of nitrogens with one attached hydrogen (secondary N) is 1. The summed E-state index contributed by atoms with van der Waals surface area (Å²) in [6.45, 7) is 5.68. The molecule has 3 rings (SSSR count). The zero-order chi connectivity index (χ0) is 18.8. The van der Waals surface area contributed by atoms with Crippen LogP contribution in [0, 0.1) is 13.8 Å². The molecule has 0 aliphatic heterocycles. The Bertz CT molecular complexity index is 1040. The van der Waals surface area contributed by atoms with Crippen molar-refractivity contribution < 1.29 is 9.53 Å². The Morgan fingerprint density at radius 3 is 2.65 bits per heavy atom. The molecular formula is C21H22N2O3. The molecule has 1 amide bonds. The average Bonchev–Trinajstić information content (AvgIpc) is 2.64. The lowest BCUT2D eigenvalue weighted by atomic mass is 10.1. The van der Waals surface area contributed by atoms with Gasteiger partial charge in [-0.3, -0.25) is 9.59 Å². The van der Waals surface area contributed by atoms with E-state index >= 15 is 0 Å². The van der Waals surface area contributed by atoms with Crippen molar-refractivity contribution in [3.05, 3.63) is 70.1 Å². The highest BCUT2D eigenvalue weighted by atomic mass is 16.5. The van der Waals surface area contributed by atoms with E-state index in [1.54, 1.807) is 32.4 Å². The largest absolute Gasteiger partial charge is 0.497 e. The molecule has 1 N–H and O–H groups in total. The van der Waals surface area contributed by atoms with Crippen molar-refractivity contribution >= 4 is 22.4 Å². The zero-order valence-corrected chi connectivity index (χ0v) is 15.4. The maximum atomic E-state index is 12.8. The van der Waals surface area contributed by atoms with Gasteiger partial charge in [-0.15, -0.1) is 0 Å². The summed E-state index contributed by atoms with van der Waals surface area (Å²) in [4.78, 5) is 25.5. The molecule has 0 radical (unpaired) electrons. The van der Waals surface area contributed by atoms with E-state index in [9.17, 15) is 9.59 Å². The summed E-state index contributed by atoms with van der Waals surface area (Å²) >= 11 is 0. The Morgan fingerprint density at radius 2 is 1.92 bits per heavy atom. The van der Waals surface area contributed by atoms with Gasteiger partial charge in [0.25, 0.3) is 5.56 Å². The summed E-state index contributed by atoms with van der Waals surface area (Å²) in [6, 6.07) is 12.2. The van der Waals surface area contributed by atoms with Crippen LogP contribution in [0.5, 0.6) is 5.75 Å². The van der Waals surface area contributed by atoms with Crippen molar-refractivity contribution in [2.45, 2.75) is 26.8 Å². The number of methoxy groups -OCH3 is 1. The Hall–Kier alpha value is -3.08. The summed E-state index contributed by atoms with van der Waals surface area (Å²) < 4.78 is 6.65. The molecule has 1 aromatic heterocycles. The van der Waals surface area contributed by atoms with Crippen LogP contribution >= 0.6 is 0 Å². The standard InChI is InChI=1S/C21H22N2O3/c1-13-6-5-7-19(14(13)2)22-20(24)15(3)23-11-10-16-12-17(26-4)8-9-18(16)21(23)25/h5-12,15H,1-4H3,(H,22,24). The number of fused-ring (bicyclic) bond motifs is 1. The molecule has 0 bridgehead atoms. The molecule has 0 fully saturated rings. The molecular weight excluding hydrogens is 328 g/mol. The summed E-state index contributed by atoms with van der Waals surface area (Å²) in [5.74, 6) is 0.462. The van der Waals surface area contributed by atoms with E-state index in [0.29, 0.717) is 11.1 Å². The van der Waals surface area contributed by atoms with Crippen LogP contribution < -0.4 is 15.6 Å². The van der Waals surface area contributed by atoms with E-state index in [1.165, 1.54) is 4.57 Å². The van der Waals surface area contributed by atoms with Gasteiger partial charge in [0.2, 0.25) is 5.91 Å². The first-order chi connectivity index (χ1) is 12.4.